The van der Waals surface area contributed by atoms with E-state index in [0.29, 0.717) is 6.54 Å². The predicted molar refractivity (Wildman–Crippen MR) is 113 cm³/mol. The van der Waals surface area contributed by atoms with Crippen LogP contribution in [-0.2, 0) is 22.6 Å². The molecule has 0 saturated heterocycles. The van der Waals surface area contributed by atoms with Crippen molar-refractivity contribution in [3.8, 4) is 0 Å². The maximum absolute atomic E-state index is 12.5. The van der Waals surface area contributed by atoms with E-state index >= 15 is 0 Å². The Balaban J connectivity index is 1.83. The quantitative estimate of drug-likeness (QED) is 0.734. The van der Waals surface area contributed by atoms with Gasteiger partial charge in [0, 0.05) is 19.3 Å². The zero-order chi connectivity index (χ0) is 20.7. The molecular formula is C23H32N3O2+. The molecule has 0 heterocycles. The minimum absolute atomic E-state index is 0.0246. The molecule has 0 spiro atoms. The van der Waals surface area contributed by atoms with E-state index in [2.05, 4.69) is 36.5 Å². The van der Waals surface area contributed by atoms with Crippen LogP contribution in [0.15, 0.2) is 42.5 Å². The fourth-order valence-corrected chi connectivity index (χ4v) is 3.05. The van der Waals surface area contributed by atoms with Gasteiger partial charge in [-0.25, -0.2) is 0 Å². The molecule has 1 unspecified atom stereocenters. The largest absolute Gasteiger partial charge is 0.337 e. The fraction of sp³-hybridized carbons (Fsp3) is 0.391. The molecule has 0 radical (unpaired) electrons. The first kappa shape index (κ1) is 21.6. The first-order valence-corrected chi connectivity index (χ1v) is 9.79. The molecule has 2 aromatic rings. The van der Waals surface area contributed by atoms with Gasteiger partial charge in [0.1, 0.15) is 0 Å². The van der Waals surface area contributed by atoms with Gasteiger partial charge < -0.3 is 15.1 Å². The van der Waals surface area contributed by atoms with Gasteiger partial charge in [-0.1, -0.05) is 43.3 Å². The van der Waals surface area contributed by atoms with E-state index in [9.17, 15) is 9.59 Å². The number of hydrogen-bond acceptors (Lipinski definition) is 2. The van der Waals surface area contributed by atoms with Crippen molar-refractivity contribution in [1.82, 2.24) is 4.90 Å². The van der Waals surface area contributed by atoms with E-state index in [0.717, 1.165) is 33.7 Å². The van der Waals surface area contributed by atoms with E-state index in [-0.39, 0.29) is 24.9 Å². The molecule has 150 valence electrons. The topological polar surface area (TPSA) is 53.9 Å². The lowest BCUT2D eigenvalue weighted by atomic mass is 10.1. The molecule has 2 aromatic carbocycles. The number of nitrogens with zero attached hydrogens (tertiary/aromatic N) is 1. The maximum Gasteiger partial charge on any atom is 0.279 e. The molecule has 0 aliphatic rings. The Kier molecular flexibility index (Phi) is 7.76. The summed E-state index contributed by atoms with van der Waals surface area (Å²) in [5, 5.41) is 2.95. The zero-order valence-corrected chi connectivity index (χ0v) is 17.6. The van der Waals surface area contributed by atoms with Crippen LogP contribution in [0.3, 0.4) is 0 Å². The van der Waals surface area contributed by atoms with Crippen LogP contribution in [0.25, 0.3) is 0 Å². The molecular weight excluding hydrogens is 350 g/mol. The van der Waals surface area contributed by atoms with Crippen molar-refractivity contribution < 1.29 is 14.5 Å². The molecule has 2 amide bonds. The minimum Gasteiger partial charge on any atom is -0.337 e. The molecule has 2 rings (SSSR count). The number of carbonyl (C=O) groups excluding carboxylic acids is 2. The molecule has 0 aliphatic heterocycles. The first-order chi connectivity index (χ1) is 13.3. The zero-order valence-electron chi connectivity index (χ0n) is 17.6. The number of nitrogens with one attached hydrogen (secondary N) is 2. The Morgan fingerprint density at radius 2 is 1.64 bits per heavy atom. The third-order valence-corrected chi connectivity index (χ3v) is 5.07. The standard InChI is InChI=1S/C23H31N3O2/c1-6-19-10-12-20(13-11-19)14-26(5)23(28)16-25(4)15-22(27)24-21-9-7-8-17(2)18(21)3/h7-13H,6,14-16H2,1-5H3,(H,24,27)/p+1. The highest BCUT2D eigenvalue weighted by Gasteiger charge is 2.18. The normalized spacial score (nSPS) is 11.8. The van der Waals surface area contributed by atoms with Crippen LogP contribution < -0.4 is 10.2 Å². The summed E-state index contributed by atoms with van der Waals surface area (Å²) in [6.07, 6.45) is 1.01. The summed E-state index contributed by atoms with van der Waals surface area (Å²) in [7, 11) is 3.67. The Morgan fingerprint density at radius 3 is 2.29 bits per heavy atom. The van der Waals surface area contributed by atoms with E-state index in [1.807, 2.05) is 39.1 Å². The van der Waals surface area contributed by atoms with E-state index in [1.54, 1.807) is 11.9 Å². The fourth-order valence-electron chi connectivity index (χ4n) is 3.05. The van der Waals surface area contributed by atoms with Crippen molar-refractivity contribution in [2.45, 2.75) is 33.7 Å². The van der Waals surface area contributed by atoms with Crippen molar-refractivity contribution in [3.63, 3.8) is 0 Å². The molecule has 0 saturated carbocycles. The van der Waals surface area contributed by atoms with Crippen molar-refractivity contribution in [2.75, 3.05) is 32.5 Å². The average Bonchev–Trinajstić information content (AvgIpc) is 2.65. The second-order valence-electron chi connectivity index (χ2n) is 7.53. The van der Waals surface area contributed by atoms with Gasteiger partial charge in [-0.05, 0) is 48.6 Å². The number of amides is 2. The Morgan fingerprint density at radius 1 is 1.00 bits per heavy atom. The molecule has 1 atom stereocenters. The highest BCUT2D eigenvalue weighted by molar-refractivity contribution is 5.92. The maximum atomic E-state index is 12.5. The predicted octanol–water partition coefficient (Wildman–Crippen LogP) is 1.98. The number of benzene rings is 2. The van der Waals surface area contributed by atoms with Crippen LogP contribution in [0.2, 0.25) is 0 Å². The van der Waals surface area contributed by atoms with Gasteiger partial charge in [-0.15, -0.1) is 0 Å². The molecule has 0 aromatic heterocycles. The Hall–Kier alpha value is -2.66. The second-order valence-corrected chi connectivity index (χ2v) is 7.53. The number of anilines is 1. The van der Waals surface area contributed by atoms with Crippen LogP contribution in [-0.4, -0.2) is 43.9 Å². The highest BCUT2D eigenvalue weighted by atomic mass is 16.2. The lowest BCUT2D eigenvalue weighted by Gasteiger charge is -2.20. The molecule has 0 bridgehead atoms. The van der Waals surface area contributed by atoms with Gasteiger partial charge in [-0.3, -0.25) is 9.59 Å². The van der Waals surface area contributed by atoms with Crippen LogP contribution in [0.1, 0.15) is 29.2 Å². The van der Waals surface area contributed by atoms with Crippen LogP contribution >= 0.6 is 0 Å². The summed E-state index contributed by atoms with van der Waals surface area (Å²) in [6.45, 7) is 7.24. The van der Waals surface area contributed by atoms with Crippen LogP contribution in [0, 0.1) is 13.8 Å². The third kappa shape index (κ3) is 6.20. The number of quaternary nitrogens is 1. The lowest BCUT2D eigenvalue weighted by molar-refractivity contribution is -0.862. The van der Waals surface area contributed by atoms with Crippen LogP contribution in [0.5, 0.6) is 0 Å². The summed E-state index contributed by atoms with van der Waals surface area (Å²) < 4.78 is 0. The van der Waals surface area contributed by atoms with Gasteiger partial charge in [-0.2, -0.15) is 0 Å². The van der Waals surface area contributed by atoms with E-state index in [1.165, 1.54) is 5.56 Å². The number of rotatable bonds is 8. The van der Waals surface area contributed by atoms with Crippen molar-refractivity contribution in [3.05, 3.63) is 64.7 Å². The van der Waals surface area contributed by atoms with Crippen molar-refractivity contribution >= 4 is 17.5 Å². The Bertz CT molecular complexity index is 815. The highest BCUT2D eigenvalue weighted by Crippen LogP contribution is 2.17. The summed E-state index contributed by atoms with van der Waals surface area (Å²) >= 11 is 0. The van der Waals surface area contributed by atoms with Gasteiger partial charge in [0.05, 0.1) is 7.05 Å². The number of aryl methyl sites for hydroxylation is 2. The Labute approximate surface area is 168 Å². The number of carbonyl (C=O) groups is 2. The molecule has 0 fully saturated rings. The van der Waals surface area contributed by atoms with E-state index in [4.69, 9.17) is 0 Å². The monoisotopic (exact) mass is 382 g/mol. The molecule has 28 heavy (non-hydrogen) atoms. The lowest BCUT2D eigenvalue weighted by Crippen LogP contribution is -3.11. The number of hydrogen-bond donors (Lipinski definition) is 2. The summed E-state index contributed by atoms with van der Waals surface area (Å²) in [5.74, 6) is -0.0617. The SMILES string of the molecule is CCc1ccc(CN(C)C(=O)C[NH+](C)CC(=O)Nc2cccc(C)c2C)cc1. The summed E-state index contributed by atoms with van der Waals surface area (Å²) in [4.78, 5) is 27.4. The third-order valence-electron chi connectivity index (χ3n) is 5.07. The summed E-state index contributed by atoms with van der Waals surface area (Å²) in [6, 6.07) is 14.2. The van der Waals surface area contributed by atoms with Gasteiger partial charge in [0.25, 0.3) is 11.8 Å². The second kappa shape index (κ2) is 10.0. The molecule has 2 N–H and O–H groups in total. The van der Waals surface area contributed by atoms with E-state index < -0.39 is 0 Å². The van der Waals surface area contributed by atoms with Crippen LogP contribution in [0.4, 0.5) is 5.69 Å². The van der Waals surface area contributed by atoms with Gasteiger partial charge >= 0.3 is 0 Å². The number of likely N-dealkylation sites (N-methyl/N-ethyl adjacent to an activating group) is 2. The average molecular weight is 383 g/mol. The van der Waals surface area contributed by atoms with Crippen molar-refractivity contribution in [2.24, 2.45) is 0 Å². The smallest absolute Gasteiger partial charge is 0.279 e. The molecule has 5 nitrogen and oxygen atoms in total. The summed E-state index contributed by atoms with van der Waals surface area (Å²) in [5.41, 5.74) is 5.44. The van der Waals surface area contributed by atoms with Gasteiger partial charge in [0.15, 0.2) is 13.1 Å². The minimum atomic E-state index is -0.0863. The molecule has 0 aliphatic carbocycles. The first-order valence-electron chi connectivity index (χ1n) is 9.79. The molecule has 5 heteroatoms. The van der Waals surface area contributed by atoms with Gasteiger partial charge in [0.2, 0.25) is 0 Å². The van der Waals surface area contributed by atoms with Crippen molar-refractivity contribution in [1.29, 1.82) is 0 Å².